The molecule has 2 fully saturated rings. The highest BCUT2D eigenvalue weighted by molar-refractivity contribution is 9.09. The second-order valence-electron chi connectivity index (χ2n) is 5.71. The zero-order chi connectivity index (χ0) is 12.7. The van der Waals surface area contributed by atoms with Crippen molar-refractivity contribution >= 4 is 15.9 Å². The Balaban J connectivity index is 1.84. The van der Waals surface area contributed by atoms with Gasteiger partial charge in [0.1, 0.15) is 5.75 Å². The number of hydrogen-bond donors (Lipinski definition) is 0. The molecule has 0 radical (unpaired) electrons. The van der Waals surface area contributed by atoms with Crippen molar-refractivity contribution in [2.24, 2.45) is 17.8 Å². The predicted molar refractivity (Wildman–Crippen MR) is 78.3 cm³/mol. The van der Waals surface area contributed by atoms with Crippen LogP contribution >= 0.6 is 15.9 Å². The topological polar surface area (TPSA) is 9.23 Å². The first kappa shape index (κ1) is 12.5. The fourth-order valence-electron chi connectivity index (χ4n) is 3.69. The van der Waals surface area contributed by atoms with Gasteiger partial charge < -0.3 is 4.74 Å². The number of ether oxygens (including phenoxy) is 1. The smallest absolute Gasteiger partial charge is 0.123 e. The number of fused-ring (bicyclic) bond motifs is 1. The SMILES string of the molecule is CCOc1ccc(C)cc1C(Br)C1C2CCCC21. The number of aryl methyl sites for hydroxylation is 1. The second-order valence-corrected chi connectivity index (χ2v) is 6.70. The van der Waals surface area contributed by atoms with Crippen LogP contribution in [0.1, 0.15) is 42.1 Å². The largest absolute Gasteiger partial charge is 0.494 e. The van der Waals surface area contributed by atoms with Gasteiger partial charge in [-0.15, -0.1) is 0 Å². The van der Waals surface area contributed by atoms with Gasteiger partial charge in [0.05, 0.1) is 6.61 Å². The van der Waals surface area contributed by atoms with Crippen molar-refractivity contribution in [1.82, 2.24) is 0 Å². The van der Waals surface area contributed by atoms with E-state index < -0.39 is 0 Å². The van der Waals surface area contributed by atoms with Gasteiger partial charge in [0.2, 0.25) is 0 Å². The molecule has 1 nitrogen and oxygen atoms in total. The van der Waals surface area contributed by atoms with Crippen LogP contribution in [0.3, 0.4) is 0 Å². The van der Waals surface area contributed by atoms with Gasteiger partial charge in [-0.05, 0) is 50.5 Å². The monoisotopic (exact) mass is 308 g/mol. The molecule has 0 heterocycles. The molecule has 2 aliphatic carbocycles. The predicted octanol–water partition coefficient (Wildman–Crippen LogP) is 4.88. The molecule has 2 aliphatic rings. The van der Waals surface area contributed by atoms with Gasteiger partial charge in [-0.1, -0.05) is 40.0 Å². The number of hydrogen-bond acceptors (Lipinski definition) is 1. The van der Waals surface area contributed by atoms with Gasteiger partial charge >= 0.3 is 0 Å². The third-order valence-corrected chi connectivity index (χ3v) is 5.68. The summed E-state index contributed by atoms with van der Waals surface area (Å²) in [5.74, 6) is 3.86. The molecule has 3 atom stereocenters. The van der Waals surface area contributed by atoms with E-state index in [1.807, 2.05) is 0 Å². The van der Waals surface area contributed by atoms with E-state index in [9.17, 15) is 0 Å². The summed E-state index contributed by atoms with van der Waals surface area (Å²) in [5, 5.41) is 0. The number of benzene rings is 1. The maximum Gasteiger partial charge on any atom is 0.123 e. The summed E-state index contributed by atoms with van der Waals surface area (Å²) in [6.45, 7) is 4.96. The zero-order valence-corrected chi connectivity index (χ0v) is 12.7. The van der Waals surface area contributed by atoms with E-state index in [0.717, 1.165) is 30.1 Å². The van der Waals surface area contributed by atoms with E-state index in [0.29, 0.717) is 4.83 Å². The minimum atomic E-state index is 0.481. The second kappa shape index (κ2) is 4.88. The van der Waals surface area contributed by atoms with Crippen molar-refractivity contribution in [3.05, 3.63) is 29.3 Å². The maximum atomic E-state index is 5.78. The van der Waals surface area contributed by atoms with Crippen molar-refractivity contribution in [3.63, 3.8) is 0 Å². The molecule has 3 unspecified atom stereocenters. The quantitative estimate of drug-likeness (QED) is 0.721. The molecule has 0 aromatic heterocycles. The average Bonchev–Trinajstić information content (AvgIpc) is 2.84. The van der Waals surface area contributed by atoms with E-state index in [2.05, 4.69) is 48.0 Å². The van der Waals surface area contributed by atoms with E-state index in [-0.39, 0.29) is 0 Å². The Bertz CT molecular complexity index is 433. The normalized spacial score (nSPS) is 30.9. The molecular weight excluding hydrogens is 288 g/mol. The minimum Gasteiger partial charge on any atom is -0.494 e. The Morgan fingerprint density at radius 3 is 2.72 bits per heavy atom. The van der Waals surface area contributed by atoms with Gasteiger partial charge in [-0.25, -0.2) is 0 Å². The molecule has 0 bridgehead atoms. The van der Waals surface area contributed by atoms with Gasteiger partial charge in [0, 0.05) is 10.4 Å². The molecule has 2 saturated carbocycles. The lowest BCUT2D eigenvalue weighted by atomic mass is 10.0. The lowest BCUT2D eigenvalue weighted by Crippen LogP contribution is -2.03. The first-order valence-electron chi connectivity index (χ1n) is 7.09. The fraction of sp³-hybridized carbons (Fsp3) is 0.625. The van der Waals surface area contributed by atoms with Crippen LogP contribution in [-0.2, 0) is 0 Å². The average molecular weight is 309 g/mol. The van der Waals surface area contributed by atoms with Gasteiger partial charge in [0.25, 0.3) is 0 Å². The van der Waals surface area contributed by atoms with Gasteiger partial charge in [-0.3, -0.25) is 0 Å². The Labute approximate surface area is 118 Å². The Kier molecular flexibility index (Phi) is 3.40. The van der Waals surface area contributed by atoms with Crippen molar-refractivity contribution < 1.29 is 4.74 Å². The molecule has 0 amide bonds. The van der Waals surface area contributed by atoms with E-state index in [4.69, 9.17) is 4.74 Å². The van der Waals surface area contributed by atoms with E-state index in [1.54, 1.807) is 0 Å². The number of alkyl halides is 1. The molecule has 18 heavy (non-hydrogen) atoms. The van der Waals surface area contributed by atoms with Crippen LogP contribution in [0.15, 0.2) is 18.2 Å². The Morgan fingerprint density at radius 1 is 1.33 bits per heavy atom. The number of rotatable bonds is 4. The van der Waals surface area contributed by atoms with Crippen molar-refractivity contribution in [2.75, 3.05) is 6.61 Å². The highest BCUT2D eigenvalue weighted by Gasteiger charge is 2.55. The standard InChI is InChI=1S/C16H21BrO/c1-3-18-14-8-7-10(2)9-13(14)16(17)15-11-5-4-6-12(11)15/h7-9,11-12,15-16H,3-6H2,1-2H3. The summed E-state index contributed by atoms with van der Waals surface area (Å²) in [6, 6.07) is 6.56. The van der Waals surface area contributed by atoms with Crippen LogP contribution in [0.4, 0.5) is 0 Å². The summed E-state index contributed by atoms with van der Waals surface area (Å²) < 4.78 is 5.78. The number of halogens is 1. The summed E-state index contributed by atoms with van der Waals surface area (Å²) in [4.78, 5) is 0.481. The third kappa shape index (κ3) is 2.09. The van der Waals surface area contributed by atoms with Crippen LogP contribution in [0, 0.1) is 24.7 Å². The Morgan fingerprint density at radius 2 is 2.06 bits per heavy atom. The van der Waals surface area contributed by atoms with E-state index >= 15 is 0 Å². The third-order valence-electron chi connectivity index (χ3n) is 4.57. The van der Waals surface area contributed by atoms with Crippen LogP contribution in [0.5, 0.6) is 5.75 Å². The molecule has 0 aliphatic heterocycles. The molecule has 0 N–H and O–H groups in total. The Hall–Kier alpha value is -0.500. The molecule has 1 aromatic rings. The highest BCUT2D eigenvalue weighted by Crippen LogP contribution is 2.65. The van der Waals surface area contributed by atoms with Crippen molar-refractivity contribution in [3.8, 4) is 5.75 Å². The van der Waals surface area contributed by atoms with Crippen molar-refractivity contribution in [1.29, 1.82) is 0 Å². The molecular formula is C16H21BrO. The summed E-state index contributed by atoms with van der Waals surface area (Å²) >= 11 is 3.94. The molecule has 98 valence electrons. The molecule has 2 heteroatoms. The van der Waals surface area contributed by atoms with Gasteiger partial charge in [-0.2, -0.15) is 0 Å². The zero-order valence-electron chi connectivity index (χ0n) is 11.2. The summed E-state index contributed by atoms with van der Waals surface area (Å²) in [7, 11) is 0. The summed E-state index contributed by atoms with van der Waals surface area (Å²) in [6.07, 6.45) is 4.32. The maximum absolute atomic E-state index is 5.78. The summed E-state index contributed by atoms with van der Waals surface area (Å²) in [5.41, 5.74) is 2.68. The highest BCUT2D eigenvalue weighted by atomic mass is 79.9. The molecule has 3 rings (SSSR count). The lowest BCUT2D eigenvalue weighted by molar-refractivity contribution is 0.335. The lowest BCUT2D eigenvalue weighted by Gasteiger charge is -2.17. The van der Waals surface area contributed by atoms with Gasteiger partial charge in [0.15, 0.2) is 0 Å². The van der Waals surface area contributed by atoms with Crippen molar-refractivity contribution in [2.45, 2.75) is 37.9 Å². The minimum absolute atomic E-state index is 0.481. The van der Waals surface area contributed by atoms with Crippen LogP contribution < -0.4 is 4.74 Å². The first-order chi connectivity index (χ1) is 8.72. The van der Waals surface area contributed by atoms with E-state index in [1.165, 1.54) is 30.4 Å². The van der Waals surface area contributed by atoms with Crippen LogP contribution in [0.2, 0.25) is 0 Å². The van der Waals surface area contributed by atoms with Crippen LogP contribution in [-0.4, -0.2) is 6.61 Å². The first-order valence-corrected chi connectivity index (χ1v) is 8.01. The molecule has 0 saturated heterocycles. The van der Waals surface area contributed by atoms with Crippen LogP contribution in [0.25, 0.3) is 0 Å². The molecule has 1 aromatic carbocycles. The molecule has 0 spiro atoms. The fourth-order valence-corrected chi connectivity index (χ4v) is 4.83.